The first-order valence-corrected chi connectivity index (χ1v) is 14.7. The molecule has 3 atom stereocenters. The van der Waals surface area contributed by atoms with Crippen molar-refractivity contribution in [2.24, 2.45) is 17.8 Å². The minimum Gasteiger partial charge on any atom is -0.472 e. The lowest BCUT2D eigenvalue weighted by Crippen LogP contribution is -2.51. The van der Waals surface area contributed by atoms with Gasteiger partial charge in [-0.05, 0) is 59.9 Å². The molecule has 0 saturated heterocycles. The van der Waals surface area contributed by atoms with Gasteiger partial charge < -0.3 is 24.2 Å². The number of nitrogens with zero attached hydrogens (tertiary/aromatic N) is 2. The van der Waals surface area contributed by atoms with Crippen molar-refractivity contribution in [3.05, 3.63) is 22.3 Å². The third-order valence-corrected chi connectivity index (χ3v) is 9.72. The van der Waals surface area contributed by atoms with E-state index < -0.39 is 8.56 Å². The van der Waals surface area contributed by atoms with Crippen molar-refractivity contribution >= 4 is 30.4 Å². The van der Waals surface area contributed by atoms with Crippen molar-refractivity contribution < 1.29 is 18.8 Å². The van der Waals surface area contributed by atoms with Crippen molar-refractivity contribution in [3.63, 3.8) is 0 Å². The zero-order valence-corrected chi connectivity index (χ0v) is 23.1. The standard InChI is InChI=1S/C23H40BrN3O4Si/c1-15(2)13-32(29,14-16(3)4)30-12-18(6)27-11-17(5)21(10-25-7)31-22-20(23(27)28)8-19(24)9-26-22/h8-9,15-18,21,25,29H,10-14H2,1-7H3/t17-,18+,21-/m0/s1. The molecule has 182 valence electrons. The zero-order chi connectivity index (χ0) is 24.1. The van der Waals surface area contributed by atoms with Gasteiger partial charge in [0.15, 0.2) is 0 Å². The summed E-state index contributed by atoms with van der Waals surface area (Å²) in [5.41, 5.74) is 0.441. The smallest absolute Gasteiger partial charge is 0.336 e. The Labute approximate surface area is 202 Å². The quantitative estimate of drug-likeness (QED) is 0.444. The number of ether oxygens (including phenoxy) is 1. The van der Waals surface area contributed by atoms with Crippen molar-refractivity contribution in [1.82, 2.24) is 15.2 Å². The van der Waals surface area contributed by atoms with Crippen molar-refractivity contribution in [2.75, 3.05) is 26.7 Å². The van der Waals surface area contributed by atoms with Gasteiger partial charge in [0.1, 0.15) is 11.7 Å². The molecule has 1 aromatic heterocycles. The van der Waals surface area contributed by atoms with Crippen molar-refractivity contribution in [2.45, 2.75) is 65.8 Å². The molecule has 0 aliphatic carbocycles. The molecule has 1 aromatic rings. The Morgan fingerprint density at radius 1 is 1.31 bits per heavy atom. The molecule has 1 aliphatic heterocycles. The highest BCUT2D eigenvalue weighted by Gasteiger charge is 2.38. The summed E-state index contributed by atoms with van der Waals surface area (Å²) in [6.07, 6.45) is 1.53. The van der Waals surface area contributed by atoms with E-state index in [1.807, 2.05) is 18.9 Å². The third-order valence-electron chi connectivity index (χ3n) is 5.68. The first-order chi connectivity index (χ1) is 15.0. The Morgan fingerprint density at radius 3 is 2.50 bits per heavy atom. The predicted octanol–water partition coefficient (Wildman–Crippen LogP) is 4.05. The molecule has 7 nitrogen and oxygen atoms in total. The third kappa shape index (κ3) is 7.51. The molecule has 0 radical (unpaired) electrons. The van der Waals surface area contributed by atoms with E-state index >= 15 is 0 Å². The Morgan fingerprint density at radius 2 is 1.94 bits per heavy atom. The molecule has 1 aliphatic rings. The average molecular weight is 531 g/mol. The highest BCUT2D eigenvalue weighted by molar-refractivity contribution is 9.10. The van der Waals surface area contributed by atoms with E-state index in [1.165, 1.54) is 0 Å². The van der Waals surface area contributed by atoms with E-state index in [4.69, 9.17) is 9.16 Å². The monoisotopic (exact) mass is 529 g/mol. The van der Waals surface area contributed by atoms with E-state index in [0.29, 0.717) is 55.1 Å². The molecule has 0 spiro atoms. The van der Waals surface area contributed by atoms with Crippen LogP contribution < -0.4 is 10.1 Å². The summed E-state index contributed by atoms with van der Waals surface area (Å²) in [4.78, 5) is 31.1. The zero-order valence-electron chi connectivity index (χ0n) is 20.5. The second kappa shape index (κ2) is 11.9. The molecule has 0 unspecified atom stereocenters. The molecule has 9 heteroatoms. The van der Waals surface area contributed by atoms with Crippen LogP contribution in [0.2, 0.25) is 12.1 Å². The highest BCUT2D eigenvalue weighted by Crippen LogP contribution is 2.29. The van der Waals surface area contributed by atoms with Gasteiger partial charge in [0, 0.05) is 29.7 Å². The van der Waals surface area contributed by atoms with Crippen LogP contribution in [0, 0.1) is 17.8 Å². The molecular formula is C23H40BrN3O4Si. The maximum Gasteiger partial charge on any atom is 0.336 e. The van der Waals surface area contributed by atoms with Gasteiger partial charge in [-0.1, -0.05) is 34.6 Å². The normalized spacial score (nSPS) is 20.7. The fourth-order valence-electron chi connectivity index (χ4n) is 4.27. The number of aromatic nitrogens is 1. The van der Waals surface area contributed by atoms with E-state index in [-0.39, 0.29) is 24.0 Å². The number of carbonyl (C=O) groups excluding carboxylic acids is 1. The summed E-state index contributed by atoms with van der Waals surface area (Å²) >= 11 is 3.43. The fourth-order valence-corrected chi connectivity index (χ4v) is 8.10. The Balaban J connectivity index is 2.28. The first kappa shape index (κ1) is 27.2. The van der Waals surface area contributed by atoms with Crippen LogP contribution in [-0.2, 0) is 4.43 Å². The van der Waals surface area contributed by atoms with Gasteiger partial charge in [-0.25, -0.2) is 4.98 Å². The lowest BCUT2D eigenvalue weighted by molar-refractivity contribution is 0.0392. The number of rotatable bonds is 10. The topological polar surface area (TPSA) is 83.9 Å². The minimum absolute atomic E-state index is 0.0925. The van der Waals surface area contributed by atoms with Crippen LogP contribution in [0.5, 0.6) is 5.88 Å². The van der Waals surface area contributed by atoms with Gasteiger partial charge in [-0.2, -0.15) is 0 Å². The maximum absolute atomic E-state index is 13.5. The Bertz CT molecular complexity index is 755. The number of likely N-dealkylation sites (N-methyl/N-ethyl adjacent to an activating group) is 1. The highest BCUT2D eigenvalue weighted by atomic mass is 79.9. The van der Waals surface area contributed by atoms with Gasteiger partial charge in [-0.3, -0.25) is 4.79 Å². The summed E-state index contributed by atoms with van der Waals surface area (Å²) in [5, 5.41) is 3.18. The number of halogens is 1. The van der Waals surface area contributed by atoms with E-state index in [2.05, 4.69) is 60.8 Å². The van der Waals surface area contributed by atoms with Crippen LogP contribution in [0.1, 0.15) is 51.9 Å². The van der Waals surface area contributed by atoms with Crippen LogP contribution in [-0.4, -0.2) is 68.0 Å². The number of nitrogens with one attached hydrogen (secondary N) is 1. The van der Waals surface area contributed by atoms with Crippen LogP contribution in [0.25, 0.3) is 0 Å². The molecule has 0 aromatic carbocycles. The van der Waals surface area contributed by atoms with Crippen LogP contribution in [0.3, 0.4) is 0 Å². The molecule has 0 saturated carbocycles. The lowest BCUT2D eigenvalue weighted by Gasteiger charge is -2.38. The van der Waals surface area contributed by atoms with E-state index in [1.54, 1.807) is 12.3 Å². The van der Waals surface area contributed by atoms with Crippen LogP contribution in [0.15, 0.2) is 16.7 Å². The number of carbonyl (C=O) groups is 1. The Kier molecular flexibility index (Phi) is 10.1. The van der Waals surface area contributed by atoms with Crippen molar-refractivity contribution in [3.8, 4) is 5.88 Å². The number of hydrogen-bond acceptors (Lipinski definition) is 6. The van der Waals surface area contributed by atoms with Crippen LogP contribution >= 0.6 is 15.9 Å². The molecule has 1 amide bonds. The second-order valence-corrected chi connectivity index (χ2v) is 13.9. The number of fused-ring (bicyclic) bond motifs is 1. The summed E-state index contributed by atoms with van der Waals surface area (Å²) in [7, 11) is -0.975. The minimum atomic E-state index is -2.86. The van der Waals surface area contributed by atoms with E-state index in [9.17, 15) is 9.59 Å². The first-order valence-electron chi connectivity index (χ1n) is 11.6. The van der Waals surface area contributed by atoms with Gasteiger partial charge in [0.25, 0.3) is 5.91 Å². The van der Waals surface area contributed by atoms with Gasteiger partial charge in [0.2, 0.25) is 5.88 Å². The van der Waals surface area contributed by atoms with Crippen molar-refractivity contribution in [1.29, 1.82) is 0 Å². The van der Waals surface area contributed by atoms with Gasteiger partial charge in [0.05, 0.1) is 12.6 Å². The van der Waals surface area contributed by atoms with Gasteiger partial charge >= 0.3 is 8.56 Å². The fraction of sp³-hybridized carbons (Fsp3) is 0.739. The summed E-state index contributed by atoms with van der Waals surface area (Å²) in [6, 6.07) is 2.96. The lowest BCUT2D eigenvalue weighted by atomic mass is 10.0. The molecule has 2 heterocycles. The van der Waals surface area contributed by atoms with Gasteiger partial charge in [-0.15, -0.1) is 0 Å². The summed E-state index contributed by atoms with van der Waals surface area (Å²) in [5.74, 6) is 1.04. The predicted molar refractivity (Wildman–Crippen MR) is 133 cm³/mol. The number of hydrogen-bond donors (Lipinski definition) is 2. The van der Waals surface area contributed by atoms with E-state index in [0.717, 1.165) is 4.47 Å². The largest absolute Gasteiger partial charge is 0.472 e. The molecule has 0 fully saturated rings. The second-order valence-electron chi connectivity index (χ2n) is 9.96. The number of pyridine rings is 1. The molecule has 32 heavy (non-hydrogen) atoms. The molecule has 0 bridgehead atoms. The number of amides is 1. The molecular weight excluding hydrogens is 490 g/mol. The SMILES string of the molecule is CNC[C@@H]1Oc2ncc(Br)cc2C(=O)N([C@H](C)CO[Si](O)(CC(C)C)CC(C)C)C[C@@H]1C. The average Bonchev–Trinajstić information content (AvgIpc) is 2.68. The summed E-state index contributed by atoms with van der Waals surface area (Å²) in [6.45, 7) is 14.0. The molecule has 2 rings (SSSR count). The van der Waals surface area contributed by atoms with Crippen LogP contribution in [0.4, 0.5) is 0 Å². The maximum atomic E-state index is 13.5. The summed E-state index contributed by atoms with van der Waals surface area (Å²) < 4.78 is 13.1. The molecule has 2 N–H and O–H groups in total. The Hall–Kier alpha value is -1.00.